The molecule has 2 aromatic rings. The number of rotatable bonds is 9. The van der Waals surface area contributed by atoms with Crippen LogP contribution in [0, 0.1) is 0 Å². The molecule has 1 N–H and O–H groups in total. The lowest BCUT2D eigenvalue weighted by Gasteiger charge is -2.19. The molecule has 0 saturated carbocycles. The molecule has 0 aromatic heterocycles. The lowest BCUT2D eigenvalue weighted by molar-refractivity contribution is -0.142. The first-order valence-corrected chi connectivity index (χ1v) is 9.95. The number of hydrogen-bond acceptors (Lipinski definition) is 6. The number of methoxy groups -OCH3 is 2. The molecule has 0 spiro atoms. The standard InChI is InChI=1S/C24H29NO6/c1-24(2,3)17-8-6-16(7-9-17)23(28)25-13-12-22(27)31-15-20(26)19-14-18(29-4)10-11-21(19)30-5/h6-11,14H,12-13,15H2,1-5H3,(H,25,28). The van der Waals surface area contributed by atoms with Crippen LogP contribution in [0.1, 0.15) is 53.5 Å². The molecule has 0 radical (unpaired) electrons. The molecule has 0 unspecified atom stereocenters. The number of esters is 1. The Balaban J connectivity index is 1.81. The highest BCUT2D eigenvalue weighted by Gasteiger charge is 2.17. The topological polar surface area (TPSA) is 90.9 Å². The van der Waals surface area contributed by atoms with Crippen LogP contribution in [0.5, 0.6) is 11.5 Å². The smallest absolute Gasteiger partial charge is 0.308 e. The highest BCUT2D eigenvalue weighted by atomic mass is 16.5. The summed E-state index contributed by atoms with van der Waals surface area (Å²) in [6.07, 6.45) is -0.0473. The zero-order valence-electron chi connectivity index (χ0n) is 18.6. The van der Waals surface area contributed by atoms with Gasteiger partial charge in [0.25, 0.3) is 5.91 Å². The third kappa shape index (κ3) is 6.84. The summed E-state index contributed by atoms with van der Waals surface area (Å²) >= 11 is 0. The van der Waals surface area contributed by atoms with Crippen molar-refractivity contribution in [1.82, 2.24) is 5.32 Å². The van der Waals surface area contributed by atoms with Gasteiger partial charge in [-0.15, -0.1) is 0 Å². The lowest BCUT2D eigenvalue weighted by Crippen LogP contribution is -2.27. The van der Waals surface area contributed by atoms with Gasteiger partial charge in [-0.05, 0) is 41.3 Å². The van der Waals surface area contributed by atoms with Crippen LogP contribution in [0.15, 0.2) is 42.5 Å². The van der Waals surface area contributed by atoms with Crippen molar-refractivity contribution in [2.24, 2.45) is 0 Å². The molecule has 0 aliphatic carbocycles. The van der Waals surface area contributed by atoms with Crippen LogP contribution >= 0.6 is 0 Å². The van der Waals surface area contributed by atoms with Crippen LogP contribution in [0.25, 0.3) is 0 Å². The molecule has 2 aromatic carbocycles. The monoisotopic (exact) mass is 427 g/mol. The molecule has 0 fully saturated rings. The minimum absolute atomic E-state index is 0.00506. The predicted molar refractivity (Wildman–Crippen MR) is 117 cm³/mol. The fourth-order valence-corrected chi connectivity index (χ4v) is 2.83. The van der Waals surface area contributed by atoms with Gasteiger partial charge in [0, 0.05) is 12.1 Å². The van der Waals surface area contributed by atoms with Crippen molar-refractivity contribution < 1.29 is 28.6 Å². The predicted octanol–water partition coefficient (Wildman–Crippen LogP) is 3.55. The maximum absolute atomic E-state index is 12.4. The second-order valence-corrected chi connectivity index (χ2v) is 7.98. The van der Waals surface area contributed by atoms with Crippen LogP contribution in [-0.2, 0) is 14.9 Å². The van der Waals surface area contributed by atoms with Gasteiger partial charge >= 0.3 is 5.97 Å². The number of carbonyl (C=O) groups is 3. The van der Waals surface area contributed by atoms with Crippen LogP contribution in [0.4, 0.5) is 0 Å². The second kappa shape index (κ2) is 10.6. The van der Waals surface area contributed by atoms with E-state index in [1.165, 1.54) is 20.3 Å². The molecule has 0 saturated heterocycles. The van der Waals surface area contributed by atoms with E-state index in [4.69, 9.17) is 14.2 Å². The highest BCUT2D eigenvalue weighted by Crippen LogP contribution is 2.24. The minimum Gasteiger partial charge on any atom is -0.497 e. The van der Waals surface area contributed by atoms with Crippen LogP contribution in [-0.4, -0.2) is 45.0 Å². The van der Waals surface area contributed by atoms with E-state index in [9.17, 15) is 14.4 Å². The number of ether oxygens (including phenoxy) is 3. The Labute approximate surface area is 182 Å². The zero-order valence-corrected chi connectivity index (χ0v) is 18.6. The Morgan fingerprint density at radius 3 is 2.19 bits per heavy atom. The molecular formula is C24H29NO6. The average molecular weight is 427 g/mol. The van der Waals surface area contributed by atoms with Crippen molar-refractivity contribution >= 4 is 17.7 Å². The second-order valence-electron chi connectivity index (χ2n) is 7.98. The van der Waals surface area contributed by atoms with Crippen LogP contribution < -0.4 is 14.8 Å². The largest absolute Gasteiger partial charge is 0.497 e. The summed E-state index contributed by atoms with van der Waals surface area (Å²) in [5.74, 6) is -0.406. The molecule has 0 aliphatic heterocycles. The van der Waals surface area contributed by atoms with E-state index in [2.05, 4.69) is 26.1 Å². The van der Waals surface area contributed by atoms with Gasteiger partial charge in [0.15, 0.2) is 6.61 Å². The van der Waals surface area contributed by atoms with Gasteiger partial charge in [0.2, 0.25) is 5.78 Å². The molecule has 7 nitrogen and oxygen atoms in total. The summed E-state index contributed by atoms with van der Waals surface area (Å²) in [6, 6.07) is 12.2. The Hall–Kier alpha value is -3.35. The van der Waals surface area contributed by atoms with Gasteiger partial charge in [0.1, 0.15) is 11.5 Å². The summed E-state index contributed by atoms with van der Waals surface area (Å²) in [6.45, 7) is 5.98. The number of amides is 1. The zero-order chi connectivity index (χ0) is 23.0. The van der Waals surface area contributed by atoms with E-state index < -0.39 is 18.4 Å². The molecule has 0 heterocycles. The van der Waals surface area contributed by atoms with Gasteiger partial charge in [-0.1, -0.05) is 32.9 Å². The Kier molecular flexibility index (Phi) is 8.19. The molecule has 7 heteroatoms. The van der Waals surface area contributed by atoms with E-state index in [0.717, 1.165) is 5.56 Å². The maximum atomic E-state index is 12.4. The molecule has 0 atom stereocenters. The van der Waals surface area contributed by atoms with E-state index >= 15 is 0 Å². The third-order valence-electron chi connectivity index (χ3n) is 4.70. The van der Waals surface area contributed by atoms with Crippen molar-refractivity contribution in [3.05, 3.63) is 59.2 Å². The Morgan fingerprint density at radius 2 is 1.61 bits per heavy atom. The number of nitrogens with one attached hydrogen (secondary N) is 1. The summed E-state index contributed by atoms with van der Waals surface area (Å²) in [4.78, 5) is 36.6. The normalized spacial score (nSPS) is 10.9. The molecule has 0 bridgehead atoms. The Bertz CT molecular complexity index is 928. The molecule has 31 heavy (non-hydrogen) atoms. The first-order valence-electron chi connectivity index (χ1n) is 9.95. The van der Waals surface area contributed by atoms with Crippen molar-refractivity contribution in [2.45, 2.75) is 32.6 Å². The van der Waals surface area contributed by atoms with Gasteiger partial charge in [0.05, 0.1) is 26.2 Å². The van der Waals surface area contributed by atoms with Crippen molar-refractivity contribution in [1.29, 1.82) is 0 Å². The van der Waals surface area contributed by atoms with E-state index in [-0.39, 0.29) is 29.9 Å². The van der Waals surface area contributed by atoms with Gasteiger partial charge < -0.3 is 19.5 Å². The first kappa shape index (κ1) is 23.9. The number of carbonyl (C=O) groups excluding carboxylic acids is 3. The summed E-state index contributed by atoms with van der Waals surface area (Å²) in [5.41, 5.74) is 1.92. The fourth-order valence-electron chi connectivity index (χ4n) is 2.83. The van der Waals surface area contributed by atoms with E-state index in [1.54, 1.807) is 24.3 Å². The maximum Gasteiger partial charge on any atom is 0.308 e. The van der Waals surface area contributed by atoms with Gasteiger partial charge in [-0.3, -0.25) is 14.4 Å². The number of Topliss-reactive ketones (excluding diaryl/α,β-unsaturated/α-hetero) is 1. The Morgan fingerprint density at radius 1 is 0.935 bits per heavy atom. The van der Waals surface area contributed by atoms with Crippen molar-refractivity contribution in [2.75, 3.05) is 27.4 Å². The SMILES string of the molecule is COc1ccc(OC)c(C(=O)COC(=O)CCNC(=O)c2ccc(C(C)(C)C)cc2)c1. The van der Waals surface area contributed by atoms with Crippen LogP contribution in [0.3, 0.4) is 0 Å². The summed E-state index contributed by atoms with van der Waals surface area (Å²) in [5, 5.41) is 2.68. The summed E-state index contributed by atoms with van der Waals surface area (Å²) < 4.78 is 15.3. The van der Waals surface area contributed by atoms with Crippen molar-refractivity contribution in [3.63, 3.8) is 0 Å². The molecule has 1 amide bonds. The molecule has 166 valence electrons. The fraction of sp³-hybridized carbons (Fsp3) is 0.375. The van der Waals surface area contributed by atoms with E-state index in [0.29, 0.717) is 17.1 Å². The van der Waals surface area contributed by atoms with E-state index in [1.807, 2.05) is 12.1 Å². The van der Waals surface area contributed by atoms with Crippen LogP contribution in [0.2, 0.25) is 0 Å². The molecule has 2 rings (SSSR count). The first-order chi connectivity index (χ1) is 14.7. The minimum atomic E-state index is -0.585. The average Bonchev–Trinajstić information content (AvgIpc) is 2.76. The quantitative estimate of drug-likeness (QED) is 0.486. The summed E-state index contributed by atoms with van der Waals surface area (Å²) in [7, 11) is 2.94. The van der Waals surface area contributed by atoms with Gasteiger partial charge in [-0.25, -0.2) is 0 Å². The third-order valence-corrected chi connectivity index (χ3v) is 4.70. The molecular weight excluding hydrogens is 398 g/mol. The number of benzene rings is 2. The number of hydrogen-bond donors (Lipinski definition) is 1. The lowest BCUT2D eigenvalue weighted by atomic mass is 9.87. The van der Waals surface area contributed by atoms with Crippen molar-refractivity contribution in [3.8, 4) is 11.5 Å². The van der Waals surface area contributed by atoms with Gasteiger partial charge in [-0.2, -0.15) is 0 Å². The highest BCUT2D eigenvalue weighted by molar-refractivity contribution is 6.00. The molecule has 0 aliphatic rings. The number of ketones is 1.